The molecule has 15 heteroatoms. The van der Waals surface area contributed by atoms with Crippen molar-refractivity contribution in [2.24, 2.45) is 5.92 Å². The minimum atomic E-state index is -5.38. The zero-order chi connectivity index (χ0) is 27.7. The number of hydrogen-bond donors (Lipinski definition) is 1. The molecular weight excluding hydrogens is 543 g/mol. The fraction of sp³-hybridized carbons (Fsp3) is 0.565. The van der Waals surface area contributed by atoms with Crippen molar-refractivity contribution in [2.45, 2.75) is 49.8 Å². The van der Waals surface area contributed by atoms with Gasteiger partial charge in [-0.3, -0.25) is 0 Å². The fourth-order valence-electron chi connectivity index (χ4n) is 4.85. The summed E-state index contributed by atoms with van der Waals surface area (Å²) in [7, 11) is -5.38. The van der Waals surface area contributed by atoms with Crippen LogP contribution in [0.25, 0.3) is 0 Å². The van der Waals surface area contributed by atoms with Gasteiger partial charge in [0.2, 0.25) is 5.82 Å². The van der Waals surface area contributed by atoms with Crippen molar-refractivity contribution in [3.05, 3.63) is 47.5 Å². The summed E-state index contributed by atoms with van der Waals surface area (Å²) in [5.41, 5.74) is -5.53. The smallest absolute Gasteiger partial charge is 0.367 e. The van der Waals surface area contributed by atoms with Crippen molar-refractivity contribution in [3.8, 4) is 0 Å². The van der Waals surface area contributed by atoms with Gasteiger partial charge in [0.05, 0.1) is 11.6 Å². The quantitative estimate of drug-likeness (QED) is 0.474. The highest BCUT2D eigenvalue weighted by atomic mass is 32.2. The number of nitrogens with one attached hydrogen (secondary N) is 1. The Hall–Kier alpha value is -2.68. The van der Waals surface area contributed by atoms with Crippen LogP contribution in [0.4, 0.5) is 42.4 Å². The number of alkyl halides is 6. The standard InChI is InChI=1S/C23H26F7N5O2S/c24-19-20(31-13-15-8-11-34(12-9-15)38(36,37)23(28,29)30)32-14-33-21(19)35-10-2-1-3-18(35)16-4-6-17(7-5-16)22(25,26)27/h4-7,14-15,18H,1-3,8-13H2,(H,31,32,33). The van der Waals surface area contributed by atoms with E-state index in [0.29, 0.717) is 22.8 Å². The Kier molecular flexibility index (Phi) is 8.07. The van der Waals surface area contributed by atoms with Crippen LogP contribution in [-0.4, -0.2) is 54.4 Å². The molecule has 0 radical (unpaired) electrons. The average molecular weight is 570 g/mol. The highest BCUT2D eigenvalue weighted by molar-refractivity contribution is 7.90. The second-order valence-corrected chi connectivity index (χ2v) is 11.3. The monoisotopic (exact) mass is 569 g/mol. The molecule has 0 saturated carbocycles. The van der Waals surface area contributed by atoms with Gasteiger partial charge in [-0.2, -0.15) is 35.0 Å². The Labute approximate surface area is 215 Å². The lowest BCUT2D eigenvalue weighted by Gasteiger charge is -2.37. The van der Waals surface area contributed by atoms with Crippen LogP contribution in [0.3, 0.4) is 0 Å². The third kappa shape index (κ3) is 5.98. The Bertz CT molecular complexity index is 1210. The maximum atomic E-state index is 15.5. The van der Waals surface area contributed by atoms with E-state index in [0.717, 1.165) is 31.3 Å². The first kappa shape index (κ1) is 28.3. The molecule has 1 N–H and O–H groups in total. The first-order valence-corrected chi connectivity index (χ1v) is 13.5. The van der Waals surface area contributed by atoms with Gasteiger partial charge >= 0.3 is 21.7 Å². The molecule has 210 valence electrons. The van der Waals surface area contributed by atoms with E-state index in [-0.39, 0.29) is 56.1 Å². The highest BCUT2D eigenvalue weighted by Crippen LogP contribution is 2.38. The van der Waals surface area contributed by atoms with Crippen LogP contribution in [0.15, 0.2) is 30.6 Å². The molecule has 3 heterocycles. The number of hydrogen-bond acceptors (Lipinski definition) is 6. The third-order valence-corrected chi connectivity index (χ3v) is 8.56. The topological polar surface area (TPSA) is 78.4 Å². The summed E-state index contributed by atoms with van der Waals surface area (Å²) in [6.45, 7) is 0.00335. The Morgan fingerprint density at radius 1 is 0.921 bits per heavy atom. The average Bonchev–Trinajstić information content (AvgIpc) is 2.87. The molecule has 0 aliphatic carbocycles. The van der Waals surface area contributed by atoms with E-state index in [1.807, 2.05) is 0 Å². The Morgan fingerprint density at radius 3 is 2.18 bits per heavy atom. The summed E-state index contributed by atoms with van der Waals surface area (Å²) in [5, 5.41) is 2.86. The molecule has 1 aromatic carbocycles. The molecule has 4 rings (SSSR count). The largest absolute Gasteiger partial charge is 0.511 e. The van der Waals surface area contributed by atoms with E-state index in [1.54, 1.807) is 4.90 Å². The first-order chi connectivity index (χ1) is 17.8. The van der Waals surface area contributed by atoms with Crippen molar-refractivity contribution in [1.29, 1.82) is 0 Å². The summed E-state index contributed by atoms with van der Waals surface area (Å²) in [5.74, 6) is -1.07. The summed E-state index contributed by atoms with van der Waals surface area (Å²) in [4.78, 5) is 9.73. The summed E-state index contributed by atoms with van der Waals surface area (Å²) in [6, 6.07) is 4.38. The van der Waals surface area contributed by atoms with Gasteiger partial charge in [-0.25, -0.2) is 18.4 Å². The predicted molar refractivity (Wildman–Crippen MR) is 125 cm³/mol. The minimum absolute atomic E-state index is 0.00168. The number of aromatic nitrogens is 2. The van der Waals surface area contributed by atoms with E-state index >= 15 is 4.39 Å². The van der Waals surface area contributed by atoms with Crippen molar-refractivity contribution in [1.82, 2.24) is 14.3 Å². The molecule has 0 spiro atoms. The molecule has 1 unspecified atom stereocenters. The number of nitrogens with zero attached hydrogens (tertiary/aromatic N) is 4. The molecule has 0 bridgehead atoms. The van der Waals surface area contributed by atoms with Gasteiger partial charge in [0.1, 0.15) is 6.33 Å². The van der Waals surface area contributed by atoms with Crippen LogP contribution in [0.1, 0.15) is 49.3 Å². The second-order valence-electron chi connectivity index (χ2n) is 9.36. The molecule has 2 saturated heterocycles. The SMILES string of the molecule is O=S(=O)(N1CCC(CNc2ncnc(N3CCCCC3c3ccc(C(F)(F)F)cc3)c2F)CC1)C(F)(F)F. The molecular formula is C23H26F7N5O2S. The van der Waals surface area contributed by atoms with Crippen molar-refractivity contribution in [2.75, 3.05) is 36.4 Å². The van der Waals surface area contributed by atoms with Crippen LogP contribution in [0, 0.1) is 11.7 Å². The van der Waals surface area contributed by atoms with Gasteiger partial charge in [-0.15, -0.1) is 0 Å². The number of piperidine rings is 2. The maximum absolute atomic E-state index is 15.5. The van der Waals surface area contributed by atoms with Gasteiger partial charge in [-0.05, 0) is 55.7 Å². The molecule has 1 atom stereocenters. The minimum Gasteiger partial charge on any atom is -0.367 e. The van der Waals surface area contributed by atoms with Gasteiger partial charge in [0.25, 0.3) is 0 Å². The van der Waals surface area contributed by atoms with E-state index in [4.69, 9.17) is 0 Å². The van der Waals surface area contributed by atoms with E-state index in [1.165, 1.54) is 12.1 Å². The van der Waals surface area contributed by atoms with Gasteiger partial charge in [0.15, 0.2) is 11.6 Å². The lowest BCUT2D eigenvalue weighted by atomic mass is 9.94. The zero-order valence-electron chi connectivity index (χ0n) is 20.1. The van der Waals surface area contributed by atoms with E-state index < -0.39 is 33.1 Å². The molecule has 2 aromatic rings. The van der Waals surface area contributed by atoms with Crippen LogP contribution in [0.5, 0.6) is 0 Å². The molecule has 1 aromatic heterocycles. The Balaban J connectivity index is 1.43. The predicted octanol–water partition coefficient (Wildman–Crippen LogP) is 5.34. The van der Waals surface area contributed by atoms with Crippen LogP contribution in [-0.2, 0) is 16.2 Å². The maximum Gasteiger partial charge on any atom is 0.511 e. The van der Waals surface area contributed by atoms with Gasteiger partial charge < -0.3 is 10.2 Å². The third-order valence-electron chi connectivity index (χ3n) is 6.93. The molecule has 38 heavy (non-hydrogen) atoms. The van der Waals surface area contributed by atoms with Crippen molar-refractivity contribution >= 4 is 21.7 Å². The summed E-state index contributed by atoms with van der Waals surface area (Å²) < 4.78 is 116. The lowest BCUT2D eigenvalue weighted by molar-refractivity contribution is -0.137. The Morgan fingerprint density at radius 2 is 1.58 bits per heavy atom. The van der Waals surface area contributed by atoms with Gasteiger partial charge in [0, 0.05) is 26.2 Å². The number of benzene rings is 1. The van der Waals surface area contributed by atoms with Crippen LogP contribution in [0.2, 0.25) is 0 Å². The van der Waals surface area contributed by atoms with E-state index in [9.17, 15) is 34.8 Å². The van der Waals surface area contributed by atoms with Crippen LogP contribution >= 0.6 is 0 Å². The molecule has 7 nitrogen and oxygen atoms in total. The molecule has 2 aliphatic heterocycles. The first-order valence-electron chi connectivity index (χ1n) is 12.0. The van der Waals surface area contributed by atoms with Crippen molar-refractivity contribution < 1.29 is 39.2 Å². The van der Waals surface area contributed by atoms with E-state index in [2.05, 4.69) is 15.3 Å². The molecule has 2 aliphatic rings. The summed E-state index contributed by atoms with van der Waals surface area (Å²) in [6.07, 6.45) is -0.846. The molecule has 0 amide bonds. The molecule has 2 fully saturated rings. The number of sulfonamides is 1. The van der Waals surface area contributed by atoms with Crippen LogP contribution < -0.4 is 10.2 Å². The number of anilines is 2. The second kappa shape index (κ2) is 10.8. The zero-order valence-corrected chi connectivity index (χ0v) is 20.9. The number of halogens is 7. The fourth-order valence-corrected chi connectivity index (χ4v) is 5.84. The normalized spacial score (nSPS) is 20.5. The highest BCUT2D eigenvalue weighted by Gasteiger charge is 2.50. The number of rotatable bonds is 6. The lowest BCUT2D eigenvalue weighted by Crippen LogP contribution is -2.45. The summed E-state index contributed by atoms with van der Waals surface area (Å²) >= 11 is 0. The van der Waals surface area contributed by atoms with Gasteiger partial charge in [-0.1, -0.05) is 12.1 Å². The van der Waals surface area contributed by atoms with Crippen molar-refractivity contribution in [3.63, 3.8) is 0 Å².